The molecule has 0 unspecified atom stereocenters. The molecule has 1 aliphatic heterocycles. The Morgan fingerprint density at radius 1 is 1.47 bits per heavy atom. The fourth-order valence-corrected chi connectivity index (χ4v) is 2.02. The van der Waals surface area contributed by atoms with E-state index in [0.29, 0.717) is 6.54 Å². The van der Waals surface area contributed by atoms with E-state index >= 15 is 0 Å². The molecule has 2 heterocycles. The molecule has 1 amide bonds. The molecule has 0 N–H and O–H groups in total. The smallest absolute Gasteiger partial charge is 0.227 e. The Hall–Kier alpha value is -1.38. The maximum absolute atomic E-state index is 12.1. The van der Waals surface area contributed by atoms with Crippen molar-refractivity contribution >= 4 is 5.91 Å². The minimum atomic E-state index is -0.0632. The molecule has 17 heavy (non-hydrogen) atoms. The molecule has 1 aromatic rings. The molecular formula is C14H19N2O. The first-order valence-corrected chi connectivity index (χ1v) is 6.03. The minimum Gasteiger partial charge on any atom is -0.338 e. The van der Waals surface area contributed by atoms with Crippen LogP contribution in [-0.2, 0) is 17.8 Å². The quantitative estimate of drug-likeness (QED) is 0.742. The first-order chi connectivity index (χ1) is 7.96. The third-order valence-electron chi connectivity index (χ3n) is 2.83. The number of pyridine rings is 1. The highest BCUT2D eigenvalue weighted by molar-refractivity contribution is 5.85. The number of hydrogen-bond donors (Lipinski definition) is 0. The van der Waals surface area contributed by atoms with Gasteiger partial charge >= 0.3 is 0 Å². The van der Waals surface area contributed by atoms with Gasteiger partial charge < -0.3 is 4.90 Å². The predicted octanol–water partition coefficient (Wildman–Crippen LogP) is 2.22. The average Bonchev–Trinajstić information content (AvgIpc) is 2.26. The van der Waals surface area contributed by atoms with E-state index in [1.54, 1.807) is 6.42 Å². The Balaban J connectivity index is 2.05. The molecule has 2 rings (SSSR count). The monoisotopic (exact) mass is 231 g/mol. The van der Waals surface area contributed by atoms with Gasteiger partial charge in [-0.05, 0) is 17.0 Å². The highest BCUT2D eigenvalue weighted by Gasteiger charge is 2.25. The van der Waals surface area contributed by atoms with Gasteiger partial charge in [0.1, 0.15) is 0 Å². The van der Waals surface area contributed by atoms with Crippen LogP contribution < -0.4 is 0 Å². The molecule has 1 aromatic heterocycles. The number of fused-ring (bicyclic) bond motifs is 1. The van der Waals surface area contributed by atoms with Crippen molar-refractivity contribution in [1.82, 2.24) is 9.88 Å². The van der Waals surface area contributed by atoms with E-state index in [9.17, 15) is 4.79 Å². The largest absolute Gasteiger partial charge is 0.338 e. The third kappa shape index (κ3) is 3.05. The van der Waals surface area contributed by atoms with E-state index in [2.05, 4.69) is 11.1 Å². The Kier molecular flexibility index (Phi) is 3.18. The molecule has 0 aliphatic carbocycles. The molecule has 0 aromatic carbocycles. The summed E-state index contributed by atoms with van der Waals surface area (Å²) < 4.78 is 0. The second-order valence-electron chi connectivity index (χ2n) is 5.63. The SMILES string of the molecule is CC(C)(C)[CH]C(=O)N1CCc2ncccc2C1. The molecule has 3 nitrogen and oxygen atoms in total. The number of aromatic nitrogens is 1. The molecule has 0 fully saturated rings. The Morgan fingerprint density at radius 2 is 2.24 bits per heavy atom. The molecular weight excluding hydrogens is 212 g/mol. The maximum Gasteiger partial charge on any atom is 0.227 e. The zero-order valence-corrected chi connectivity index (χ0v) is 10.7. The number of nitrogens with zero attached hydrogens (tertiary/aromatic N) is 2. The van der Waals surface area contributed by atoms with Crippen LogP contribution in [0.5, 0.6) is 0 Å². The molecule has 0 saturated heterocycles. The van der Waals surface area contributed by atoms with Gasteiger partial charge in [0.2, 0.25) is 5.91 Å². The summed E-state index contributed by atoms with van der Waals surface area (Å²) in [7, 11) is 0. The molecule has 0 atom stereocenters. The number of amides is 1. The van der Waals surface area contributed by atoms with Crippen molar-refractivity contribution in [3.8, 4) is 0 Å². The van der Waals surface area contributed by atoms with E-state index in [-0.39, 0.29) is 11.3 Å². The van der Waals surface area contributed by atoms with Crippen molar-refractivity contribution in [2.24, 2.45) is 5.41 Å². The highest BCUT2D eigenvalue weighted by atomic mass is 16.2. The number of carbonyl (C=O) groups is 1. The van der Waals surface area contributed by atoms with Crippen LogP contribution in [0.25, 0.3) is 0 Å². The van der Waals surface area contributed by atoms with E-state index in [4.69, 9.17) is 0 Å². The van der Waals surface area contributed by atoms with Gasteiger partial charge in [0.25, 0.3) is 0 Å². The summed E-state index contributed by atoms with van der Waals surface area (Å²) in [4.78, 5) is 18.3. The van der Waals surface area contributed by atoms with Gasteiger partial charge in [-0.2, -0.15) is 0 Å². The maximum atomic E-state index is 12.1. The lowest BCUT2D eigenvalue weighted by Crippen LogP contribution is -2.38. The van der Waals surface area contributed by atoms with Crippen molar-refractivity contribution < 1.29 is 4.79 Å². The van der Waals surface area contributed by atoms with Crippen molar-refractivity contribution in [1.29, 1.82) is 0 Å². The Bertz CT molecular complexity index is 420. The van der Waals surface area contributed by atoms with Crippen LogP contribution >= 0.6 is 0 Å². The van der Waals surface area contributed by atoms with Crippen LogP contribution in [0.2, 0.25) is 0 Å². The molecule has 91 valence electrons. The standard InChI is InChI=1S/C14H19N2O/c1-14(2,3)9-13(17)16-8-6-12-11(10-16)5-4-7-15-12/h4-5,7,9H,6,8,10H2,1-3H3. The van der Waals surface area contributed by atoms with Crippen molar-refractivity contribution in [3.05, 3.63) is 36.0 Å². The van der Waals surface area contributed by atoms with Gasteiger partial charge in [0.05, 0.1) is 6.42 Å². The van der Waals surface area contributed by atoms with Crippen LogP contribution in [-0.4, -0.2) is 22.3 Å². The van der Waals surface area contributed by atoms with Crippen LogP contribution in [0, 0.1) is 11.8 Å². The number of rotatable bonds is 1. The molecule has 1 radical (unpaired) electrons. The molecule has 3 heteroatoms. The summed E-state index contributed by atoms with van der Waals surface area (Å²) >= 11 is 0. The fourth-order valence-electron chi connectivity index (χ4n) is 2.02. The van der Waals surface area contributed by atoms with Crippen molar-refractivity contribution in [3.63, 3.8) is 0 Å². The zero-order valence-electron chi connectivity index (χ0n) is 10.7. The second-order valence-corrected chi connectivity index (χ2v) is 5.63. The minimum absolute atomic E-state index is 0.0632. The molecule has 0 saturated carbocycles. The second kappa shape index (κ2) is 4.47. The Morgan fingerprint density at radius 3 is 2.94 bits per heavy atom. The van der Waals surface area contributed by atoms with Gasteiger partial charge in [0, 0.05) is 31.4 Å². The van der Waals surface area contributed by atoms with Gasteiger partial charge in [0.15, 0.2) is 0 Å². The van der Waals surface area contributed by atoms with Gasteiger partial charge in [-0.1, -0.05) is 26.8 Å². The van der Waals surface area contributed by atoms with Crippen molar-refractivity contribution in [2.45, 2.75) is 33.7 Å². The van der Waals surface area contributed by atoms with Gasteiger partial charge in [-0.25, -0.2) is 0 Å². The van der Waals surface area contributed by atoms with E-state index in [0.717, 1.165) is 18.7 Å². The third-order valence-corrected chi connectivity index (χ3v) is 2.83. The zero-order chi connectivity index (χ0) is 12.5. The summed E-state index contributed by atoms with van der Waals surface area (Å²) in [6.07, 6.45) is 4.48. The van der Waals surface area contributed by atoms with E-state index in [1.165, 1.54) is 5.56 Å². The number of carbonyl (C=O) groups excluding carboxylic acids is 1. The summed E-state index contributed by atoms with van der Waals surface area (Å²) in [6, 6.07) is 3.99. The highest BCUT2D eigenvalue weighted by Crippen LogP contribution is 2.22. The first-order valence-electron chi connectivity index (χ1n) is 6.03. The summed E-state index contributed by atoms with van der Waals surface area (Å²) in [6.45, 7) is 7.60. The molecule has 1 aliphatic rings. The lowest BCUT2D eigenvalue weighted by Gasteiger charge is -2.30. The Labute approximate surface area is 103 Å². The van der Waals surface area contributed by atoms with Gasteiger partial charge in [-0.3, -0.25) is 9.78 Å². The molecule has 0 bridgehead atoms. The summed E-state index contributed by atoms with van der Waals surface area (Å²) in [5.41, 5.74) is 2.24. The predicted molar refractivity (Wildman–Crippen MR) is 67.1 cm³/mol. The van der Waals surface area contributed by atoms with Crippen LogP contribution in [0.4, 0.5) is 0 Å². The topological polar surface area (TPSA) is 33.2 Å². The van der Waals surface area contributed by atoms with Gasteiger partial charge in [-0.15, -0.1) is 0 Å². The lowest BCUT2D eigenvalue weighted by molar-refractivity contribution is -0.129. The van der Waals surface area contributed by atoms with Crippen molar-refractivity contribution in [2.75, 3.05) is 6.54 Å². The summed E-state index contributed by atoms with van der Waals surface area (Å²) in [5, 5.41) is 0. The number of hydrogen-bond acceptors (Lipinski definition) is 2. The van der Waals surface area contributed by atoms with Crippen LogP contribution in [0.1, 0.15) is 32.0 Å². The first kappa shape index (κ1) is 12.1. The van der Waals surface area contributed by atoms with E-state index in [1.807, 2.05) is 37.9 Å². The summed E-state index contributed by atoms with van der Waals surface area (Å²) in [5.74, 6) is 0.131. The lowest BCUT2D eigenvalue weighted by atomic mass is 9.91. The van der Waals surface area contributed by atoms with E-state index < -0.39 is 0 Å². The fraction of sp³-hybridized carbons (Fsp3) is 0.500. The van der Waals surface area contributed by atoms with Crippen LogP contribution in [0.15, 0.2) is 18.3 Å². The normalized spacial score (nSPS) is 15.6. The van der Waals surface area contributed by atoms with Crippen LogP contribution in [0.3, 0.4) is 0 Å². The molecule has 0 spiro atoms. The average molecular weight is 231 g/mol.